The molecule has 21 heavy (non-hydrogen) atoms. The molecular formula is C14H17BrN4OS. The molecule has 0 aliphatic carbocycles. The van der Waals surface area contributed by atoms with Gasteiger partial charge in [-0.3, -0.25) is 4.79 Å². The van der Waals surface area contributed by atoms with Crippen LogP contribution in [0.5, 0.6) is 0 Å². The van der Waals surface area contributed by atoms with Crippen molar-refractivity contribution >= 4 is 33.6 Å². The van der Waals surface area contributed by atoms with Gasteiger partial charge >= 0.3 is 0 Å². The number of nitrogens with one attached hydrogen (secondary N) is 1. The lowest BCUT2D eigenvalue weighted by molar-refractivity contribution is -0.119. The smallest absolute Gasteiger partial charge is 0.230 e. The number of rotatable bonds is 6. The van der Waals surface area contributed by atoms with Crippen molar-refractivity contribution in [2.45, 2.75) is 24.5 Å². The first-order valence-corrected chi connectivity index (χ1v) is 8.39. The van der Waals surface area contributed by atoms with Gasteiger partial charge in [0.2, 0.25) is 5.91 Å². The van der Waals surface area contributed by atoms with Gasteiger partial charge in [-0.2, -0.15) is 0 Å². The lowest BCUT2D eigenvalue weighted by Crippen LogP contribution is -2.29. The van der Waals surface area contributed by atoms with E-state index in [2.05, 4.69) is 38.4 Å². The van der Waals surface area contributed by atoms with Crippen molar-refractivity contribution in [3.05, 3.63) is 40.6 Å². The highest BCUT2D eigenvalue weighted by molar-refractivity contribution is 9.10. The second-order valence-electron chi connectivity index (χ2n) is 4.59. The number of carbonyl (C=O) groups is 1. The largest absolute Gasteiger partial charge is 0.349 e. The summed E-state index contributed by atoms with van der Waals surface area (Å²) in [6.45, 7) is 2.06. The molecule has 1 heterocycles. The number of aromatic nitrogens is 3. The zero-order valence-electron chi connectivity index (χ0n) is 11.9. The van der Waals surface area contributed by atoms with Gasteiger partial charge in [-0.05, 0) is 24.1 Å². The van der Waals surface area contributed by atoms with Gasteiger partial charge in [-0.15, -0.1) is 10.2 Å². The molecule has 0 spiro atoms. The van der Waals surface area contributed by atoms with Crippen LogP contribution in [0.3, 0.4) is 0 Å². The first-order chi connectivity index (χ1) is 10.1. The summed E-state index contributed by atoms with van der Waals surface area (Å²) in [7, 11) is 1.86. The summed E-state index contributed by atoms with van der Waals surface area (Å²) in [6.07, 6.45) is 2.47. The lowest BCUT2D eigenvalue weighted by atomic mass is 10.0. The fourth-order valence-corrected chi connectivity index (χ4v) is 2.85. The third kappa shape index (κ3) is 4.57. The summed E-state index contributed by atoms with van der Waals surface area (Å²) in [5.41, 5.74) is 1.11. The number of benzene rings is 1. The third-order valence-corrected chi connectivity index (χ3v) is 4.58. The van der Waals surface area contributed by atoms with Gasteiger partial charge in [0.25, 0.3) is 0 Å². The van der Waals surface area contributed by atoms with Gasteiger partial charge < -0.3 is 9.88 Å². The van der Waals surface area contributed by atoms with Crippen molar-refractivity contribution in [3.8, 4) is 0 Å². The van der Waals surface area contributed by atoms with Gasteiger partial charge in [0.05, 0.1) is 11.8 Å². The molecule has 1 atom stereocenters. The van der Waals surface area contributed by atoms with Gasteiger partial charge in [0.15, 0.2) is 5.16 Å². The van der Waals surface area contributed by atoms with Crippen LogP contribution in [0.25, 0.3) is 0 Å². The van der Waals surface area contributed by atoms with Crippen molar-refractivity contribution in [3.63, 3.8) is 0 Å². The van der Waals surface area contributed by atoms with Crippen LogP contribution in [0, 0.1) is 0 Å². The van der Waals surface area contributed by atoms with Gasteiger partial charge in [0.1, 0.15) is 6.33 Å². The van der Waals surface area contributed by atoms with Crippen LogP contribution in [0.2, 0.25) is 0 Å². The molecule has 1 aromatic carbocycles. The topological polar surface area (TPSA) is 59.8 Å². The SMILES string of the molecule is CC[C@@H](NC(=O)CSc1nncn1C)c1ccc(Br)cc1. The van der Waals surface area contributed by atoms with E-state index in [1.807, 2.05) is 31.3 Å². The number of nitrogens with zero attached hydrogens (tertiary/aromatic N) is 3. The summed E-state index contributed by atoms with van der Waals surface area (Å²) in [5, 5.41) is 11.5. The Morgan fingerprint density at radius 1 is 1.43 bits per heavy atom. The molecule has 0 aliphatic heterocycles. The van der Waals surface area contributed by atoms with Crippen LogP contribution in [-0.2, 0) is 11.8 Å². The number of aryl methyl sites for hydroxylation is 1. The second kappa shape index (κ2) is 7.61. The van der Waals surface area contributed by atoms with Gasteiger partial charge in [0, 0.05) is 11.5 Å². The Kier molecular flexibility index (Phi) is 5.81. The van der Waals surface area contributed by atoms with E-state index >= 15 is 0 Å². The zero-order valence-corrected chi connectivity index (χ0v) is 14.3. The summed E-state index contributed by atoms with van der Waals surface area (Å²) in [6, 6.07) is 8.05. The summed E-state index contributed by atoms with van der Waals surface area (Å²) in [5.74, 6) is 0.331. The predicted octanol–water partition coefficient (Wildman–Crippen LogP) is 2.94. The van der Waals surface area contributed by atoms with E-state index < -0.39 is 0 Å². The number of thioether (sulfide) groups is 1. The third-order valence-electron chi connectivity index (χ3n) is 3.02. The Balaban J connectivity index is 1.90. The summed E-state index contributed by atoms with van der Waals surface area (Å²) < 4.78 is 2.83. The molecule has 0 unspecified atom stereocenters. The van der Waals surface area contributed by atoms with Crippen LogP contribution in [0.15, 0.2) is 40.2 Å². The number of halogens is 1. The van der Waals surface area contributed by atoms with Crippen molar-refractivity contribution in [2.75, 3.05) is 5.75 Å². The molecule has 2 aromatic rings. The molecule has 0 saturated heterocycles. The average Bonchev–Trinajstić information content (AvgIpc) is 2.89. The molecule has 5 nitrogen and oxygen atoms in total. The van der Waals surface area contributed by atoms with Crippen LogP contribution in [0.1, 0.15) is 24.9 Å². The maximum atomic E-state index is 12.1. The molecule has 7 heteroatoms. The Morgan fingerprint density at radius 2 is 2.14 bits per heavy atom. The van der Waals surface area contributed by atoms with E-state index in [9.17, 15) is 4.79 Å². The quantitative estimate of drug-likeness (QED) is 0.796. The molecule has 1 amide bonds. The van der Waals surface area contributed by atoms with E-state index in [4.69, 9.17) is 0 Å². The minimum atomic E-state index is -0.00207. The maximum Gasteiger partial charge on any atom is 0.230 e. The highest BCUT2D eigenvalue weighted by atomic mass is 79.9. The van der Waals surface area contributed by atoms with E-state index in [0.717, 1.165) is 21.6 Å². The number of hydrogen-bond acceptors (Lipinski definition) is 4. The molecule has 1 aromatic heterocycles. The molecule has 112 valence electrons. The number of carbonyl (C=O) groups excluding carboxylic acids is 1. The monoisotopic (exact) mass is 368 g/mol. The highest BCUT2D eigenvalue weighted by Gasteiger charge is 2.13. The molecule has 0 radical (unpaired) electrons. The molecule has 0 bridgehead atoms. The van der Waals surface area contributed by atoms with Crippen LogP contribution >= 0.6 is 27.7 Å². The molecule has 0 fully saturated rings. The number of amides is 1. The Morgan fingerprint density at radius 3 is 2.71 bits per heavy atom. The molecule has 1 N–H and O–H groups in total. The average molecular weight is 369 g/mol. The zero-order chi connectivity index (χ0) is 15.2. The second-order valence-corrected chi connectivity index (χ2v) is 6.45. The molecule has 0 saturated carbocycles. The Bertz CT molecular complexity index is 599. The van der Waals surface area contributed by atoms with Crippen molar-refractivity contribution in [1.82, 2.24) is 20.1 Å². The summed E-state index contributed by atoms with van der Waals surface area (Å²) >= 11 is 4.80. The lowest BCUT2D eigenvalue weighted by Gasteiger charge is -2.17. The van der Waals surface area contributed by atoms with E-state index in [-0.39, 0.29) is 11.9 Å². The van der Waals surface area contributed by atoms with E-state index in [0.29, 0.717) is 5.75 Å². The fourth-order valence-electron chi connectivity index (χ4n) is 1.89. The van der Waals surface area contributed by atoms with Crippen LogP contribution in [-0.4, -0.2) is 26.4 Å². The van der Waals surface area contributed by atoms with Crippen molar-refractivity contribution in [2.24, 2.45) is 7.05 Å². The minimum Gasteiger partial charge on any atom is -0.349 e. The van der Waals surface area contributed by atoms with Crippen LogP contribution < -0.4 is 5.32 Å². The van der Waals surface area contributed by atoms with Gasteiger partial charge in [-0.1, -0.05) is 46.7 Å². The van der Waals surface area contributed by atoms with Crippen LogP contribution in [0.4, 0.5) is 0 Å². The molecule has 2 rings (SSSR count). The minimum absolute atomic E-state index is 0.00207. The van der Waals surface area contributed by atoms with Crippen molar-refractivity contribution in [1.29, 1.82) is 0 Å². The normalized spacial score (nSPS) is 12.1. The standard InChI is InChI=1S/C14H17BrN4OS/c1-3-12(10-4-6-11(15)7-5-10)17-13(20)8-21-14-18-16-9-19(14)2/h4-7,9,12H,3,8H2,1-2H3,(H,17,20)/t12-/m1/s1. The fraction of sp³-hybridized carbons (Fsp3) is 0.357. The number of hydrogen-bond donors (Lipinski definition) is 1. The maximum absolute atomic E-state index is 12.1. The van der Waals surface area contributed by atoms with E-state index in [1.54, 1.807) is 10.9 Å². The molecule has 0 aliphatic rings. The summed E-state index contributed by atoms with van der Waals surface area (Å²) in [4.78, 5) is 12.1. The Labute approximate surface area is 136 Å². The predicted molar refractivity (Wildman–Crippen MR) is 87.0 cm³/mol. The molecular weight excluding hydrogens is 352 g/mol. The highest BCUT2D eigenvalue weighted by Crippen LogP contribution is 2.20. The Hall–Kier alpha value is -1.34. The van der Waals surface area contributed by atoms with Crippen molar-refractivity contribution < 1.29 is 4.79 Å². The first-order valence-electron chi connectivity index (χ1n) is 6.61. The first kappa shape index (κ1) is 16.0. The van der Waals surface area contributed by atoms with Gasteiger partial charge in [-0.25, -0.2) is 0 Å². The van der Waals surface area contributed by atoms with E-state index in [1.165, 1.54) is 11.8 Å².